The van der Waals surface area contributed by atoms with Gasteiger partial charge < -0.3 is 10.1 Å². The van der Waals surface area contributed by atoms with E-state index in [1.807, 2.05) is 55.3 Å². The van der Waals surface area contributed by atoms with Gasteiger partial charge in [-0.05, 0) is 49.4 Å². The van der Waals surface area contributed by atoms with E-state index >= 15 is 0 Å². The largest absolute Gasteiger partial charge is 0.497 e. The number of halogens is 2. The topological polar surface area (TPSA) is 41.6 Å². The number of nitrogens with zero attached hydrogens (tertiary/aromatic N) is 1. The lowest BCUT2D eigenvalue weighted by atomic mass is 10.1. The number of hydrogen-bond donors (Lipinski definition) is 1. The molecule has 2 aromatic rings. The van der Waals surface area contributed by atoms with Crippen molar-refractivity contribution in [2.75, 3.05) is 14.2 Å². The minimum atomic E-state index is -0.271. The number of benzene rings is 2. The normalized spacial score (nSPS) is 12.1. The van der Waals surface area contributed by atoms with E-state index in [-0.39, 0.29) is 11.9 Å². The van der Waals surface area contributed by atoms with Crippen molar-refractivity contribution in [1.29, 1.82) is 0 Å². The lowest BCUT2D eigenvalue weighted by Crippen LogP contribution is -2.42. The van der Waals surface area contributed by atoms with Crippen molar-refractivity contribution in [2.24, 2.45) is 0 Å². The maximum absolute atomic E-state index is 12.4. The standard InChI is InChI=1S/C19H22Cl2N2O2/c1-13(23(2)12-15-6-9-17(20)18(21)10-15)19(24)22-11-14-4-7-16(25-3)8-5-14/h4-10,13H,11-12H2,1-3H3,(H,22,24)/t13-/m0/s1. The SMILES string of the molecule is COc1ccc(CNC(=O)[C@H](C)N(C)Cc2ccc(Cl)c(Cl)c2)cc1. The van der Waals surface area contributed by atoms with Crippen LogP contribution in [0.15, 0.2) is 42.5 Å². The first kappa shape index (κ1) is 19.6. The summed E-state index contributed by atoms with van der Waals surface area (Å²) in [4.78, 5) is 14.3. The second kappa shape index (κ2) is 9.09. The van der Waals surface area contributed by atoms with Gasteiger partial charge in [0, 0.05) is 13.1 Å². The van der Waals surface area contributed by atoms with Crippen molar-refractivity contribution >= 4 is 29.1 Å². The fourth-order valence-electron chi connectivity index (χ4n) is 2.34. The van der Waals surface area contributed by atoms with Crippen LogP contribution in [0.4, 0.5) is 0 Å². The molecule has 4 nitrogen and oxygen atoms in total. The van der Waals surface area contributed by atoms with Gasteiger partial charge in [0.05, 0.1) is 23.2 Å². The molecule has 2 rings (SSSR count). The van der Waals surface area contributed by atoms with Crippen LogP contribution >= 0.6 is 23.2 Å². The summed E-state index contributed by atoms with van der Waals surface area (Å²) in [6.45, 7) is 2.96. The molecule has 134 valence electrons. The minimum absolute atomic E-state index is 0.0293. The maximum atomic E-state index is 12.4. The van der Waals surface area contributed by atoms with Gasteiger partial charge in [-0.1, -0.05) is 41.4 Å². The molecule has 0 saturated heterocycles. The number of rotatable bonds is 7. The second-order valence-electron chi connectivity index (χ2n) is 5.91. The van der Waals surface area contributed by atoms with E-state index in [1.54, 1.807) is 13.2 Å². The Bertz CT molecular complexity index is 720. The third-order valence-corrected chi connectivity index (χ3v) is 4.82. The fourth-order valence-corrected chi connectivity index (χ4v) is 2.66. The van der Waals surface area contributed by atoms with Crippen LogP contribution in [0.5, 0.6) is 5.75 Å². The van der Waals surface area contributed by atoms with E-state index in [1.165, 1.54) is 0 Å². The Balaban J connectivity index is 1.88. The lowest BCUT2D eigenvalue weighted by Gasteiger charge is -2.24. The Morgan fingerprint density at radius 3 is 2.36 bits per heavy atom. The molecule has 1 atom stereocenters. The second-order valence-corrected chi connectivity index (χ2v) is 6.72. The molecule has 0 aliphatic rings. The molecule has 25 heavy (non-hydrogen) atoms. The molecular formula is C19H22Cl2N2O2. The Labute approximate surface area is 158 Å². The molecule has 0 radical (unpaired) electrons. The van der Waals surface area contributed by atoms with Gasteiger partial charge >= 0.3 is 0 Å². The third-order valence-electron chi connectivity index (χ3n) is 4.08. The molecular weight excluding hydrogens is 359 g/mol. The van der Waals surface area contributed by atoms with Crippen molar-refractivity contribution in [3.63, 3.8) is 0 Å². The summed E-state index contributed by atoms with van der Waals surface area (Å²) < 4.78 is 5.13. The van der Waals surface area contributed by atoms with Gasteiger partial charge in [-0.25, -0.2) is 0 Å². The van der Waals surface area contributed by atoms with Crippen molar-refractivity contribution in [3.8, 4) is 5.75 Å². The Hall–Kier alpha value is -1.75. The number of methoxy groups -OCH3 is 1. The summed E-state index contributed by atoms with van der Waals surface area (Å²) in [5.74, 6) is 0.767. The number of carbonyl (C=O) groups excluding carboxylic acids is 1. The van der Waals surface area contributed by atoms with E-state index in [0.717, 1.165) is 16.9 Å². The van der Waals surface area contributed by atoms with Gasteiger partial charge in [-0.15, -0.1) is 0 Å². The van der Waals surface area contributed by atoms with Crippen LogP contribution in [0.1, 0.15) is 18.1 Å². The fraction of sp³-hybridized carbons (Fsp3) is 0.316. The van der Waals surface area contributed by atoms with E-state index in [2.05, 4.69) is 5.32 Å². The summed E-state index contributed by atoms with van der Waals surface area (Å²) >= 11 is 12.0. The molecule has 0 aliphatic carbocycles. The number of likely N-dealkylation sites (N-methyl/N-ethyl adjacent to an activating group) is 1. The quantitative estimate of drug-likeness (QED) is 0.784. The lowest BCUT2D eigenvalue weighted by molar-refractivity contribution is -0.125. The summed E-state index contributed by atoms with van der Waals surface area (Å²) in [6, 6.07) is 12.8. The Morgan fingerprint density at radius 2 is 1.76 bits per heavy atom. The average Bonchev–Trinajstić information content (AvgIpc) is 2.62. The molecule has 0 heterocycles. The average molecular weight is 381 g/mol. The molecule has 2 aromatic carbocycles. The van der Waals surface area contributed by atoms with Crippen molar-refractivity contribution < 1.29 is 9.53 Å². The highest BCUT2D eigenvalue weighted by atomic mass is 35.5. The molecule has 0 bridgehead atoms. The van der Waals surface area contributed by atoms with Crippen LogP contribution in [0.25, 0.3) is 0 Å². The molecule has 6 heteroatoms. The highest BCUT2D eigenvalue weighted by molar-refractivity contribution is 6.42. The van der Waals surface area contributed by atoms with Gasteiger partial charge in [0.2, 0.25) is 5.91 Å². The first-order valence-electron chi connectivity index (χ1n) is 7.95. The highest BCUT2D eigenvalue weighted by Gasteiger charge is 2.18. The van der Waals surface area contributed by atoms with Crippen molar-refractivity contribution in [3.05, 3.63) is 63.6 Å². The summed E-state index contributed by atoms with van der Waals surface area (Å²) in [6.07, 6.45) is 0. The summed E-state index contributed by atoms with van der Waals surface area (Å²) in [5.41, 5.74) is 2.03. The van der Waals surface area contributed by atoms with Gasteiger partial charge in [-0.3, -0.25) is 9.69 Å². The van der Waals surface area contributed by atoms with Crippen LogP contribution in [0, 0.1) is 0 Å². The minimum Gasteiger partial charge on any atom is -0.497 e. The van der Waals surface area contributed by atoms with E-state index in [0.29, 0.717) is 23.1 Å². The number of carbonyl (C=O) groups is 1. The Morgan fingerprint density at radius 1 is 1.12 bits per heavy atom. The predicted octanol–water partition coefficient (Wildman–Crippen LogP) is 4.14. The molecule has 0 aliphatic heterocycles. The third kappa shape index (κ3) is 5.63. The molecule has 0 saturated carbocycles. The molecule has 0 aromatic heterocycles. The maximum Gasteiger partial charge on any atom is 0.237 e. The smallest absolute Gasteiger partial charge is 0.237 e. The van der Waals surface area contributed by atoms with Crippen LogP contribution in [-0.4, -0.2) is 31.0 Å². The zero-order valence-electron chi connectivity index (χ0n) is 14.6. The number of nitrogens with one attached hydrogen (secondary N) is 1. The van der Waals surface area contributed by atoms with Crippen molar-refractivity contribution in [1.82, 2.24) is 10.2 Å². The molecule has 0 spiro atoms. The zero-order chi connectivity index (χ0) is 18.4. The number of hydrogen-bond acceptors (Lipinski definition) is 3. The predicted molar refractivity (Wildman–Crippen MR) is 102 cm³/mol. The first-order valence-corrected chi connectivity index (χ1v) is 8.71. The van der Waals surface area contributed by atoms with Gasteiger partial charge in [0.15, 0.2) is 0 Å². The van der Waals surface area contributed by atoms with E-state index in [9.17, 15) is 4.79 Å². The van der Waals surface area contributed by atoms with Crippen LogP contribution in [-0.2, 0) is 17.9 Å². The molecule has 0 unspecified atom stereocenters. The summed E-state index contributed by atoms with van der Waals surface area (Å²) in [7, 11) is 3.53. The molecule has 0 fully saturated rings. The van der Waals surface area contributed by atoms with Crippen molar-refractivity contribution in [2.45, 2.75) is 26.1 Å². The van der Waals surface area contributed by atoms with Crippen LogP contribution in [0.2, 0.25) is 10.0 Å². The Kier molecular flexibility index (Phi) is 7.12. The van der Waals surface area contributed by atoms with E-state index < -0.39 is 0 Å². The van der Waals surface area contributed by atoms with Gasteiger partial charge in [0.1, 0.15) is 5.75 Å². The highest BCUT2D eigenvalue weighted by Crippen LogP contribution is 2.23. The molecule has 1 amide bonds. The number of amides is 1. The monoisotopic (exact) mass is 380 g/mol. The van der Waals surface area contributed by atoms with Gasteiger partial charge in [-0.2, -0.15) is 0 Å². The van der Waals surface area contributed by atoms with E-state index in [4.69, 9.17) is 27.9 Å². The van der Waals surface area contributed by atoms with Crippen LogP contribution < -0.4 is 10.1 Å². The van der Waals surface area contributed by atoms with Crippen LogP contribution in [0.3, 0.4) is 0 Å². The number of ether oxygens (including phenoxy) is 1. The summed E-state index contributed by atoms with van der Waals surface area (Å²) in [5, 5.41) is 4.00. The zero-order valence-corrected chi connectivity index (χ0v) is 16.1. The molecule has 1 N–H and O–H groups in total. The first-order chi connectivity index (χ1) is 11.9. The van der Waals surface area contributed by atoms with Gasteiger partial charge in [0.25, 0.3) is 0 Å².